The number of fused-ring (bicyclic) bond motifs is 5. The van der Waals surface area contributed by atoms with Crippen LogP contribution in [0.2, 0.25) is 0 Å². The summed E-state index contributed by atoms with van der Waals surface area (Å²) in [5, 5.41) is 6.28. The summed E-state index contributed by atoms with van der Waals surface area (Å²) in [5.41, 5.74) is -0.761. The van der Waals surface area contributed by atoms with Crippen LogP contribution in [0.4, 0.5) is 4.79 Å². The number of allylic oxidation sites excluding steroid dienone is 2. The third-order valence-corrected chi connectivity index (χ3v) is 15.6. The van der Waals surface area contributed by atoms with Gasteiger partial charge in [0, 0.05) is 17.7 Å². The summed E-state index contributed by atoms with van der Waals surface area (Å²) in [6.07, 6.45) is 12.4. The minimum Gasteiger partial charge on any atom is -0.473 e. The van der Waals surface area contributed by atoms with Crippen molar-refractivity contribution in [2.45, 2.75) is 131 Å². The van der Waals surface area contributed by atoms with Gasteiger partial charge in [-0.2, -0.15) is 0 Å². The number of amides is 4. The Morgan fingerprint density at radius 2 is 1.74 bits per heavy atom. The lowest BCUT2D eigenvalue weighted by Gasteiger charge is -2.32. The molecule has 6 aliphatic rings. The van der Waals surface area contributed by atoms with Crippen molar-refractivity contribution in [3.63, 3.8) is 0 Å². The largest absolute Gasteiger partial charge is 0.473 e. The molecule has 0 radical (unpaired) electrons. The third-order valence-electron chi connectivity index (χ3n) is 13.4. The quantitative estimate of drug-likeness (QED) is 0.296. The summed E-state index contributed by atoms with van der Waals surface area (Å²) in [6, 6.07) is 5.03. The van der Waals surface area contributed by atoms with Crippen LogP contribution in [-0.4, -0.2) is 83.2 Å². The zero-order valence-corrected chi connectivity index (χ0v) is 33.2. The van der Waals surface area contributed by atoms with E-state index in [0.29, 0.717) is 42.1 Å². The topological polar surface area (TPSA) is 193 Å². The minimum absolute atomic E-state index is 0.000121. The van der Waals surface area contributed by atoms with E-state index in [4.69, 9.17) is 9.47 Å². The summed E-state index contributed by atoms with van der Waals surface area (Å²) < 4.78 is 40.0. The second kappa shape index (κ2) is 15.3. The van der Waals surface area contributed by atoms with Gasteiger partial charge >= 0.3 is 6.09 Å². The molecular formula is C42H53N5O9S. The summed E-state index contributed by atoms with van der Waals surface area (Å²) in [6.45, 7) is 5.33. The highest BCUT2D eigenvalue weighted by Crippen LogP contribution is 2.47. The monoisotopic (exact) mass is 803 g/mol. The molecule has 15 heteroatoms. The van der Waals surface area contributed by atoms with E-state index in [-0.39, 0.29) is 55.1 Å². The first kappa shape index (κ1) is 39.2. The van der Waals surface area contributed by atoms with Crippen LogP contribution < -0.4 is 25.5 Å². The second-order valence-corrected chi connectivity index (χ2v) is 19.4. The standard InChI is InChI=1S/C42H53N5O9S/c1-3-27-23-42(27,39(51)46-57(53,54)41(2)20-21-41)45-36(49)32-22-28-24-47(32)38(50)34(26-13-7-8-14-26)44-40(52)56-33-19-11-15-25(33)12-5-4-6-17-30-35(48)29-16-9-10-18-31(29)43-37(30)55-28/h3-4,6,9-10,16,18,25-28,32-34H,1,5,7-8,11-15,17,19-24H2,2H3,(H,43,48)(H,44,52)(H,45,49)(H,46,51)/b6-4+/t25-,27-,28-,32+,33-,34+,42-/m1/s1. The van der Waals surface area contributed by atoms with E-state index in [2.05, 4.69) is 26.9 Å². The summed E-state index contributed by atoms with van der Waals surface area (Å²) >= 11 is 0. The maximum absolute atomic E-state index is 14.9. The van der Waals surface area contributed by atoms with Gasteiger partial charge in [-0.25, -0.2) is 13.2 Å². The summed E-state index contributed by atoms with van der Waals surface area (Å²) in [4.78, 5) is 75.4. The Bertz CT molecular complexity index is 2160. The molecule has 3 heterocycles. The molecule has 57 heavy (non-hydrogen) atoms. The predicted octanol–water partition coefficient (Wildman–Crippen LogP) is 4.28. The number of alkyl carbamates (subject to hydrolysis) is 1. The SMILES string of the molecule is C=C[C@@H]1C[C@]1(NC(=O)[C@@H]1C[C@@H]2CN1C(=O)[C@H](C1CCCC1)NC(=O)O[C@@H]1CCC[C@H]1CC/C=C/Cc1c([nH]c3ccccc3c1=O)O2)C(=O)NS(=O)(=O)C1(C)CC1. The molecule has 7 atom stereocenters. The van der Waals surface area contributed by atoms with Crippen molar-refractivity contribution in [1.82, 2.24) is 25.2 Å². The van der Waals surface area contributed by atoms with E-state index in [1.54, 1.807) is 25.1 Å². The van der Waals surface area contributed by atoms with Crippen molar-refractivity contribution in [3.8, 4) is 5.88 Å². The number of nitrogens with one attached hydrogen (secondary N) is 4. The fraction of sp³-hybridized carbons (Fsp3) is 0.595. The smallest absolute Gasteiger partial charge is 0.408 e. The van der Waals surface area contributed by atoms with Gasteiger partial charge < -0.3 is 30.0 Å². The fourth-order valence-electron chi connectivity index (χ4n) is 9.47. The van der Waals surface area contributed by atoms with Crippen molar-refractivity contribution >= 4 is 44.7 Å². The van der Waals surface area contributed by atoms with Gasteiger partial charge in [-0.15, -0.1) is 6.58 Å². The molecule has 1 aromatic heterocycles. The minimum atomic E-state index is -4.01. The van der Waals surface area contributed by atoms with E-state index in [9.17, 15) is 32.4 Å². The van der Waals surface area contributed by atoms with Gasteiger partial charge in [0.2, 0.25) is 21.8 Å². The number of H-pyrrole nitrogens is 1. The van der Waals surface area contributed by atoms with E-state index < -0.39 is 68.2 Å². The van der Waals surface area contributed by atoms with Gasteiger partial charge in [-0.1, -0.05) is 43.2 Å². The van der Waals surface area contributed by atoms with Crippen LogP contribution in [-0.2, 0) is 35.6 Å². The van der Waals surface area contributed by atoms with Gasteiger partial charge in [-0.3, -0.25) is 23.9 Å². The van der Waals surface area contributed by atoms with Crippen molar-refractivity contribution in [1.29, 1.82) is 0 Å². The van der Waals surface area contributed by atoms with Crippen molar-refractivity contribution < 1.29 is 37.1 Å². The Labute approximate surface area is 332 Å². The van der Waals surface area contributed by atoms with E-state index in [1.807, 2.05) is 18.2 Å². The molecule has 8 rings (SSSR count). The molecule has 4 aliphatic carbocycles. The first-order valence-corrected chi connectivity index (χ1v) is 22.1. The number of benzene rings is 1. The lowest BCUT2D eigenvalue weighted by molar-refractivity contribution is -0.142. The van der Waals surface area contributed by atoms with E-state index in [1.165, 1.54) is 11.0 Å². The Kier molecular flexibility index (Phi) is 10.5. The molecule has 4 N–H and O–H groups in total. The van der Waals surface area contributed by atoms with Gasteiger partial charge in [0.1, 0.15) is 29.8 Å². The van der Waals surface area contributed by atoms with Crippen LogP contribution in [0.25, 0.3) is 10.9 Å². The molecule has 1 aromatic carbocycles. The van der Waals surface area contributed by atoms with Gasteiger partial charge in [0.25, 0.3) is 5.91 Å². The number of hydrogen-bond donors (Lipinski definition) is 4. The maximum atomic E-state index is 14.9. The van der Waals surface area contributed by atoms with Crippen molar-refractivity contribution in [2.24, 2.45) is 17.8 Å². The number of hydrogen-bond acceptors (Lipinski definition) is 9. The van der Waals surface area contributed by atoms with E-state index >= 15 is 0 Å². The molecule has 1 saturated heterocycles. The van der Waals surface area contributed by atoms with Crippen LogP contribution >= 0.6 is 0 Å². The Hall–Kier alpha value is -4.66. The molecule has 2 aliphatic heterocycles. The molecular weight excluding hydrogens is 751 g/mol. The number of sulfonamides is 1. The van der Waals surface area contributed by atoms with Crippen molar-refractivity contribution in [3.05, 3.63) is 64.9 Å². The first-order chi connectivity index (χ1) is 27.3. The highest BCUT2D eigenvalue weighted by Gasteiger charge is 2.63. The number of aromatic nitrogens is 1. The molecule has 2 bridgehead atoms. The number of carbonyl (C=O) groups excluding carboxylic acids is 4. The molecule has 14 nitrogen and oxygen atoms in total. The summed E-state index contributed by atoms with van der Waals surface area (Å²) in [7, 11) is -4.01. The molecule has 306 valence electrons. The van der Waals surface area contributed by atoms with Crippen LogP contribution in [0.15, 0.2) is 53.9 Å². The number of ether oxygens (including phenoxy) is 2. The number of para-hydroxylation sites is 1. The van der Waals surface area contributed by atoms with E-state index in [0.717, 1.165) is 44.9 Å². The molecule has 4 saturated carbocycles. The van der Waals surface area contributed by atoms with Crippen LogP contribution in [0, 0.1) is 17.8 Å². The average molecular weight is 804 g/mol. The highest BCUT2D eigenvalue weighted by molar-refractivity contribution is 7.91. The highest BCUT2D eigenvalue weighted by atomic mass is 32.2. The first-order valence-electron chi connectivity index (χ1n) is 20.6. The second-order valence-electron chi connectivity index (χ2n) is 17.2. The van der Waals surface area contributed by atoms with Crippen LogP contribution in [0.1, 0.15) is 96.0 Å². The fourth-order valence-corrected chi connectivity index (χ4v) is 10.8. The predicted molar refractivity (Wildman–Crippen MR) is 212 cm³/mol. The summed E-state index contributed by atoms with van der Waals surface area (Å²) in [5.74, 6) is -2.30. The molecule has 2 aromatic rings. The maximum Gasteiger partial charge on any atom is 0.408 e. The number of nitrogens with zero attached hydrogens (tertiary/aromatic N) is 1. The van der Waals surface area contributed by atoms with Gasteiger partial charge in [-0.05, 0) is 102 Å². The average Bonchev–Trinajstić information content (AvgIpc) is 3.81. The lowest BCUT2D eigenvalue weighted by Crippen LogP contribution is -2.59. The number of rotatable bonds is 7. The molecule has 4 amide bonds. The Balaban J connectivity index is 1.14. The molecule has 0 unspecified atom stereocenters. The van der Waals surface area contributed by atoms with Gasteiger partial charge in [0.15, 0.2) is 11.3 Å². The number of aromatic amines is 1. The third kappa shape index (κ3) is 7.59. The number of pyridine rings is 1. The normalized spacial score (nSPS) is 32.1. The molecule has 0 spiro atoms. The Morgan fingerprint density at radius 1 is 0.982 bits per heavy atom. The molecule has 5 fully saturated rings. The Morgan fingerprint density at radius 3 is 2.47 bits per heavy atom. The van der Waals surface area contributed by atoms with Gasteiger partial charge in [0.05, 0.1) is 22.4 Å². The zero-order chi connectivity index (χ0) is 40.1. The lowest BCUT2D eigenvalue weighted by atomic mass is 9.96. The number of carbonyl (C=O) groups is 4. The van der Waals surface area contributed by atoms with Crippen LogP contribution in [0.3, 0.4) is 0 Å². The van der Waals surface area contributed by atoms with Crippen molar-refractivity contribution in [2.75, 3.05) is 6.54 Å². The van der Waals surface area contributed by atoms with Crippen LogP contribution in [0.5, 0.6) is 5.88 Å². The zero-order valence-electron chi connectivity index (χ0n) is 32.4.